The van der Waals surface area contributed by atoms with Crippen LogP contribution >= 0.6 is 11.8 Å². The van der Waals surface area contributed by atoms with Gasteiger partial charge >= 0.3 is 0 Å². The van der Waals surface area contributed by atoms with Gasteiger partial charge in [0.1, 0.15) is 0 Å². The van der Waals surface area contributed by atoms with E-state index in [0.717, 1.165) is 17.8 Å². The number of hydrogen-bond donors (Lipinski definition) is 0. The smallest absolute Gasteiger partial charge is 0.284 e. The number of rotatable bonds is 6. The first kappa shape index (κ1) is 20.6. The fourth-order valence-corrected chi connectivity index (χ4v) is 5.17. The zero-order valence-electron chi connectivity index (χ0n) is 15.7. The van der Waals surface area contributed by atoms with E-state index in [2.05, 4.69) is 15.5 Å². The molecule has 0 N–H and O–H groups in total. The SMILES string of the molecule is CC(C)n1nnnc1Sc1ccc(S(=O)(=O)N2CCN(C)CC2)cc1[N+](=O)[O-]. The van der Waals surface area contributed by atoms with Gasteiger partial charge in [-0.25, -0.2) is 13.1 Å². The van der Waals surface area contributed by atoms with E-state index in [0.29, 0.717) is 31.3 Å². The molecule has 0 atom stereocenters. The van der Waals surface area contributed by atoms with Gasteiger partial charge in [-0.05, 0) is 55.2 Å². The van der Waals surface area contributed by atoms with Crippen molar-refractivity contribution in [1.82, 2.24) is 29.4 Å². The summed E-state index contributed by atoms with van der Waals surface area (Å²) in [5.74, 6) is 0. The summed E-state index contributed by atoms with van der Waals surface area (Å²) in [5.41, 5.74) is -0.293. The molecule has 0 radical (unpaired) electrons. The van der Waals surface area contributed by atoms with Gasteiger partial charge in [-0.2, -0.15) is 4.31 Å². The van der Waals surface area contributed by atoms with E-state index in [1.54, 1.807) is 4.68 Å². The van der Waals surface area contributed by atoms with E-state index in [1.165, 1.54) is 16.4 Å². The first-order chi connectivity index (χ1) is 13.2. The van der Waals surface area contributed by atoms with Crippen LogP contribution in [-0.4, -0.2) is 76.0 Å². The normalized spacial score (nSPS) is 16.6. The van der Waals surface area contributed by atoms with Crippen LogP contribution in [0.25, 0.3) is 0 Å². The second-order valence-electron chi connectivity index (χ2n) is 6.70. The quantitative estimate of drug-likeness (QED) is 0.494. The van der Waals surface area contributed by atoms with Crippen molar-refractivity contribution in [2.45, 2.75) is 34.8 Å². The van der Waals surface area contributed by atoms with Gasteiger partial charge < -0.3 is 4.90 Å². The molecular weight excluding hydrogens is 406 g/mol. The van der Waals surface area contributed by atoms with Gasteiger partial charge in [0.25, 0.3) is 5.69 Å². The number of nitro groups is 1. The Morgan fingerprint density at radius 3 is 2.50 bits per heavy atom. The third-order valence-corrected chi connectivity index (χ3v) is 7.29. The molecule has 0 aliphatic carbocycles. The molecule has 1 fully saturated rings. The Balaban J connectivity index is 1.93. The molecule has 3 rings (SSSR count). The molecule has 1 aliphatic rings. The first-order valence-corrected chi connectivity index (χ1v) is 10.9. The molecule has 0 bridgehead atoms. The third-order valence-electron chi connectivity index (χ3n) is 4.38. The van der Waals surface area contributed by atoms with Gasteiger partial charge in [-0.3, -0.25) is 10.1 Å². The van der Waals surface area contributed by atoms with Crippen molar-refractivity contribution in [2.24, 2.45) is 0 Å². The molecule has 0 spiro atoms. The molecular formula is C15H21N7O4S2. The predicted octanol–water partition coefficient (Wildman–Crippen LogP) is 1.25. The van der Waals surface area contributed by atoms with Crippen LogP contribution in [0.1, 0.15) is 19.9 Å². The molecule has 13 heteroatoms. The van der Waals surface area contributed by atoms with Crippen LogP contribution in [0, 0.1) is 10.1 Å². The highest BCUT2D eigenvalue weighted by Crippen LogP contribution is 2.36. The highest BCUT2D eigenvalue weighted by atomic mass is 32.2. The minimum Gasteiger partial charge on any atom is -0.304 e. The number of nitro benzene ring substituents is 1. The van der Waals surface area contributed by atoms with Crippen molar-refractivity contribution in [2.75, 3.05) is 33.2 Å². The number of sulfonamides is 1. The zero-order chi connectivity index (χ0) is 20.5. The number of hydrogen-bond acceptors (Lipinski definition) is 9. The highest BCUT2D eigenvalue weighted by Gasteiger charge is 2.30. The zero-order valence-corrected chi connectivity index (χ0v) is 17.4. The van der Waals surface area contributed by atoms with E-state index in [4.69, 9.17) is 0 Å². The van der Waals surface area contributed by atoms with Crippen LogP contribution in [0.5, 0.6) is 0 Å². The molecule has 2 aromatic rings. The number of likely N-dealkylation sites (N-methyl/N-ethyl adjacent to an activating group) is 1. The van der Waals surface area contributed by atoms with Gasteiger partial charge in [0.2, 0.25) is 15.2 Å². The van der Waals surface area contributed by atoms with Crippen molar-refractivity contribution in [1.29, 1.82) is 0 Å². The van der Waals surface area contributed by atoms with Crippen LogP contribution in [-0.2, 0) is 10.0 Å². The highest BCUT2D eigenvalue weighted by molar-refractivity contribution is 7.99. The van der Waals surface area contributed by atoms with E-state index >= 15 is 0 Å². The van der Waals surface area contributed by atoms with Gasteiger partial charge in [0, 0.05) is 32.2 Å². The summed E-state index contributed by atoms with van der Waals surface area (Å²) in [6, 6.07) is 3.92. The number of piperazine rings is 1. The Hall–Kier alpha value is -2.09. The van der Waals surface area contributed by atoms with Crippen molar-refractivity contribution >= 4 is 27.5 Å². The Morgan fingerprint density at radius 2 is 1.89 bits per heavy atom. The fraction of sp³-hybridized carbons (Fsp3) is 0.533. The average Bonchev–Trinajstić information content (AvgIpc) is 3.10. The van der Waals surface area contributed by atoms with Crippen molar-refractivity contribution in [3.8, 4) is 0 Å². The average molecular weight is 428 g/mol. The van der Waals surface area contributed by atoms with E-state index < -0.39 is 14.9 Å². The second kappa shape index (κ2) is 8.11. The van der Waals surface area contributed by atoms with E-state index in [9.17, 15) is 18.5 Å². The Kier molecular flexibility index (Phi) is 5.98. The maximum atomic E-state index is 12.9. The van der Waals surface area contributed by atoms with E-state index in [-0.39, 0.29) is 21.5 Å². The second-order valence-corrected chi connectivity index (χ2v) is 9.64. The van der Waals surface area contributed by atoms with Crippen LogP contribution in [0.2, 0.25) is 0 Å². The molecule has 1 saturated heterocycles. The van der Waals surface area contributed by atoms with Crippen LogP contribution in [0.4, 0.5) is 5.69 Å². The van der Waals surface area contributed by atoms with Gasteiger partial charge in [-0.1, -0.05) is 0 Å². The first-order valence-electron chi connectivity index (χ1n) is 8.63. The Bertz CT molecular complexity index is 969. The molecule has 1 aromatic carbocycles. The summed E-state index contributed by atoms with van der Waals surface area (Å²) in [7, 11) is -1.87. The van der Waals surface area contributed by atoms with Crippen LogP contribution in [0.15, 0.2) is 33.1 Å². The molecule has 0 saturated carbocycles. The molecule has 152 valence electrons. The lowest BCUT2D eigenvalue weighted by molar-refractivity contribution is -0.388. The predicted molar refractivity (Wildman–Crippen MR) is 102 cm³/mol. The van der Waals surface area contributed by atoms with E-state index in [1.807, 2.05) is 25.8 Å². The molecule has 1 aromatic heterocycles. The largest absolute Gasteiger partial charge is 0.304 e. The summed E-state index contributed by atoms with van der Waals surface area (Å²) in [5, 5.41) is 23.4. The molecule has 0 unspecified atom stereocenters. The summed E-state index contributed by atoms with van der Waals surface area (Å²) < 4.78 is 28.7. The molecule has 0 amide bonds. The number of benzene rings is 1. The lowest BCUT2D eigenvalue weighted by Gasteiger charge is -2.31. The lowest BCUT2D eigenvalue weighted by atomic mass is 10.3. The summed E-state index contributed by atoms with van der Waals surface area (Å²) in [4.78, 5) is 13.2. The molecule has 11 nitrogen and oxygen atoms in total. The third kappa shape index (κ3) is 4.16. The van der Waals surface area contributed by atoms with Gasteiger partial charge in [0.05, 0.1) is 20.8 Å². The molecule has 28 heavy (non-hydrogen) atoms. The Labute approximate surface area is 166 Å². The van der Waals surface area contributed by atoms with Gasteiger partial charge in [0.15, 0.2) is 0 Å². The number of aromatic nitrogens is 4. The van der Waals surface area contributed by atoms with Crippen LogP contribution < -0.4 is 0 Å². The monoisotopic (exact) mass is 427 g/mol. The lowest BCUT2D eigenvalue weighted by Crippen LogP contribution is -2.47. The standard InChI is InChI=1S/C15H21N7O4S2/c1-11(2)21-15(16-17-18-21)27-14-5-4-12(10-13(14)22(23)24)28(25,26)20-8-6-19(3)7-9-20/h4-5,10-11H,6-9H2,1-3H3. The van der Waals surface area contributed by atoms with Crippen LogP contribution in [0.3, 0.4) is 0 Å². The minimum absolute atomic E-state index is 0.0200. The van der Waals surface area contributed by atoms with Crippen molar-refractivity contribution in [3.05, 3.63) is 28.3 Å². The summed E-state index contributed by atoms with van der Waals surface area (Å²) in [6.07, 6.45) is 0. The summed E-state index contributed by atoms with van der Waals surface area (Å²) >= 11 is 1.03. The van der Waals surface area contributed by atoms with Gasteiger partial charge in [-0.15, -0.1) is 5.10 Å². The maximum Gasteiger partial charge on any atom is 0.284 e. The number of tetrazole rings is 1. The molecule has 1 aliphatic heterocycles. The topological polar surface area (TPSA) is 127 Å². The van der Waals surface area contributed by atoms with Crippen molar-refractivity contribution < 1.29 is 13.3 Å². The Morgan fingerprint density at radius 1 is 1.21 bits per heavy atom. The van der Waals surface area contributed by atoms with Crippen molar-refractivity contribution in [3.63, 3.8) is 0 Å². The fourth-order valence-electron chi connectivity index (χ4n) is 2.74. The maximum absolute atomic E-state index is 12.9. The molecule has 2 heterocycles. The number of nitrogens with zero attached hydrogens (tertiary/aromatic N) is 7. The summed E-state index contributed by atoms with van der Waals surface area (Å²) in [6.45, 7) is 5.72. The minimum atomic E-state index is -3.79.